The maximum atomic E-state index is 12.5. The van der Waals surface area contributed by atoms with Crippen molar-refractivity contribution >= 4 is 23.0 Å². The van der Waals surface area contributed by atoms with E-state index in [1.807, 2.05) is 31.2 Å². The van der Waals surface area contributed by atoms with Crippen molar-refractivity contribution in [3.63, 3.8) is 0 Å². The third kappa shape index (κ3) is 4.05. The first-order valence-electron chi connectivity index (χ1n) is 8.42. The number of hydrogen-bond donors (Lipinski definition) is 2. The first kappa shape index (κ1) is 18.0. The summed E-state index contributed by atoms with van der Waals surface area (Å²) in [4.78, 5) is 16.7. The SMILES string of the molecule is CCOc1nc(Nc2ccc(C(=O)c3ccccc3)cc2)cc(N)c1C#N. The van der Waals surface area contributed by atoms with E-state index in [-0.39, 0.29) is 22.9 Å². The molecule has 0 saturated carbocycles. The highest BCUT2D eigenvalue weighted by Crippen LogP contribution is 2.27. The average molecular weight is 358 g/mol. The molecule has 1 heterocycles. The fourth-order valence-electron chi connectivity index (χ4n) is 2.57. The molecule has 6 heteroatoms. The molecule has 0 aliphatic heterocycles. The minimum absolute atomic E-state index is 0.0403. The van der Waals surface area contributed by atoms with Gasteiger partial charge in [-0.25, -0.2) is 0 Å². The molecule has 0 amide bonds. The number of ether oxygens (including phenoxy) is 1. The molecule has 0 aliphatic rings. The van der Waals surface area contributed by atoms with Crippen molar-refractivity contribution in [2.24, 2.45) is 0 Å². The maximum Gasteiger partial charge on any atom is 0.235 e. The van der Waals surface area contributed by atoms with E-state index in [0.29, 0.717) is 23.6 Å². The number of carbonyl (C=O) groups is 1. The Bertz CT molecular complexity index is 993. The van der Waals surface area contributed by atoms with Crippen molar-refractivity contribution in [1.29, 1.82) is 5.26 Å². The number of hydrogen-bond acceptors (Lipinski definition) is 6. The largest absolute Gasteiger partial charge is 0.477 e. The lowest BCUT2D eigenvalue weighted by Crippen LogP contribution is -2.04. The monoisotopic (exact) mass is 358 g/mol. The zero-order valence-electron chi connectivity index (χ0n) is 14.8. The minimum atomic E-state index is -0.0403. The van der Waals surface area contributed by atoms with Gasteiger partial charge in [-0.2, -0.15) is 10.2 Å². The van der Waals surface area contributed by atoms with Crippen molar-refractivity contribution in [3.05, 3.63) is 77.4 Å². The molecule has 0 radical (unpaired) electrons. The van der Waals surface area contributed by atoms with Crippen LogP contribution >= 0.6 is 0 Å². The average Bonchev–Trinajstić information content (AvgIpc) is 2.69. The summed E-state index contributed by atoms with van der Waals surface area (Å²) in [6.45, 7) is 2.18. The molecule has 3 rings (SSSR count). The molecule has 3 N–H and O–H groups in total. The number of nitrogens with zero attached hydrogens (tertiary/aromatic N) is 2. The summed E-state index contributed by atoms with van der Waals surface area (Å²) in [5.41, 5.74) is 8.38. The van der Waals surface area contributed by atoms with Crippen LogP contribution in [0, 0.1) is 11.3 Å². The standard InChI is InChI=1S/C21H18N4O2/c1-2-27-21-17(13-22)18(23)12-19(25-21)24-16-10-8-15(9-11-16)20(26)14-6-4-3-5-7-14/h3-12H,2H2,1H3,(H3,23,24,25). The highest BCUT2D eigenvalue weighted by Gasteiger charge is 2.12. The van der Waals surface area contributed by atoms with E-state index in [0.717, 1.165) is 5.69 Å². The van der Waals surface area contributed by atoms with Gasteiger partial charge in [-0.05, 0) is 31.2 Å². The highest BCUT2D eigenvalue weighted by molar-refractivity contribution is 6.09. The van der Waals surface area contributed by atoms with Crippen LogP contribution in [-0.4, -0.2) is 17.4 Å². The summed E-state index contributed by atoms with van der Waals surface area (Å²) >= 11 is 0. The molecular formula is C21H18N4O2. The van der Waals surface area contributed by atoms with Gasteiger partial charge in [0.15, 0.2) is 5.78 Å². The number of nitrogens with two attached hydrogens (primary N) is 1. The number of nitrogen functional groups attached to an aromatic ring is 1. The second-order valence-electron chi connectivity index (χ2n) is 5.72. The van der Waals surface area contributed by atoms with Crippen LogP contribution < -0.4 is 15.8 Å². The normalized spacial score (nSPS) is 10.1. The second kappa shape index (κ2) is 8.02. The Hall–Kier alpha value is -3.85. The van der Waals surface area contributed by atoms with Crippen LogP contribution in [0.2, 0.25) is 0 Å². The first-order chi connectivity index (χ1) is 13.1. The number of ketones is 1. The molecule has 0 spiro atoms. The van der Waals surface area contributed by atoms with Crippen LogP contribution in [0.1, 0.15) is 28.4 Å². The third-order valence-electron chi connectivity index (χ3n) is 3.87. The zero-order chi connectivity index (χ0) is 19.2. The lowest BCUT2D eigenvalue weighted by Gasteiger charge is -2.11. The van der Waals surface area contributed by atoms with Crippen LogP contribution in [0.5, 0.6) is 5.88 Å². The lowest BCUT2D eigenvalue weighted by atomic mass is 10.0. The molecule has 3 aromatic rings. The van der Waals surface area contributed by atoms with Gasteiger partial charge in [-0.15, -0.1) is 0 Å². The quantitative estimate of drug-likeness (QED) is 0.648. The summed E-state index contributed by atoms with van der Waals surface area (Å²) in [5, 5.41) is 12.3. The predicted molar refractivity (Wildman–Crippen MR) is 104 cm³/mol. The number of aromatic nitrogens is 1. The number of carbonyl (C=O) groups excluding carboxylic acids is 1. The van der Waals surface area contributed by atoms with Gasteiger partial charge in [0.1, 0.15) is 17.5 Å². The Morgan fingerprint density at radius 3 is 2.44 bits per heavy atom. The topological polar surface area (TPSA) is 101 Å². The molecule has 27 heavy (non-hydrogen) atoms. The van der Waals surface area contributed by atoms with E-state index < -0.39 is 0 Å². The molecule has 2 aromatic carbocycles. The van der Waals surface area contributed by atoms with Crippen LogP contribution in [-0.2, 0) is 0 Å². The molecule has 1 aromatic heterocycles. The Morgan fingerprint density at radius 1 is 1.15 bits per heavy atom. The number of pyridine rings is 1. The van der Waals surface area contributed by atoms with Gasteiger partial charge in [0.05, 0.1) is 12.3 Å². The first-order valence-corrected chi connectivity index (χ1v) is 8.42. The number of benzene rings is 2. The van der Waals surface area contributed by atoms with E-state index >= 15 is 0 Å². The molecule has 134 valence electrons. The smallest absolute Gasteiger partial charge is 0.235 e. The molecule has 0 saturated heterocycles. The number of nitriles is 1. The molecule has 0 bridgehead atoms. The van der Waals surface area contributed by atoms with Crippen molar-refractivity contribution in [1.82, 2.24) is 4.98 Å². The van der Waals surface area contributed by atoms with Gasteiger partial charge >= 0.3 is 0 Å². The summed E-state index contributed by atoms with van der Waals surface area (Å²) in [6, 6.07) is 19.7. The number of rotatable bonds is 6. The van der Waals surface area contributed by atoms with E-state index in [9.17, 15) is 10.1 Å². The van der Waals surface area contributed by atoms with Gasteiger partial charge in [-0.3, -0.25) is 4.79 Å². The second-order valence-corrected chi connectivity index (χ2v) is 5.72. The van der Waals surface area contributed by atoms with Gasteiger partial charge in [0, 0.05) is 22.9 Å². The van der Waals surface area contributed by atoms with Crippen molar-refractivity contribution < 1.29 is 9.53 Å². The fourth-order valence-corrected chi connectivity index (χ4v) is 2.57. The van der Waals surface area contributed by atoms with Gasteiger partial charge in [0.25, 0.3) is 0 Å². The maximum absolute atomic E-state index is 12.5. The Kier molecular flexibility index (Phi) is 5.33. The van der Waals surface area contributed by atoms with E-state index in [1.54, 1.807) is 42.5 Å². The molecule has 6 nitrogen and oxygen atoms in total. The van der Waals surface area contributed by atoms with Gasteiger partial charge in [0.2, 0.25) is 5.88 Å². The number of anilines is 3. The molecular weight excluding hydrogens is 340 g/mol. The van der Waals surface area contributed by atoms with Gasteiger partial charge < -0.3 is 15.8 Å². The summed E-state index contributed by atoms with van der Waals surface area (Å²) in [5.74, 6) is 0.608. The van der Waals surface area contributed by atoms with Crippen molar-refractivity contribution in [2.45, 2.75) is 6.92 Å². The Labute approximate surface area is 157 Å². The summed E-state index contributed by atoms with van der Waals surface area (Å²) in [6.07, 6.45) is 0. The fraction of sp³-hybridized carbons (Fsp3) is 0.0952. The predicted octanol–water partition coefficient (Wildman–Crippen LogP) is 3.91. The molecule has 0 unspecified atom stereocenters. The highest BCUT2D eigenvalue weighted by atomic mass is 16.5. The Morgan fingerprint density at radius 2 is 1.81 bits per heavy atom. The van der Waals surface area contributed by atoms with Crippen LogP contribution in [0.15, 0.2) is 60.7 Å². The van der Waals surface area contributed by atoms with Crippen LogP contribution in [0.3, 0.4) is 0 Å². The van der Waals surface area contributed by atoms with Crippen molar-refractivity contribution in [2.75, 3.05) is 17.7 Å². The van der Waals surface area contributed by atoms with Crippen LogP contribution in [0.4, 0.5) is 17.2 Å². The summed E-state index contributed by atoms with van der Waals surface area (Å²) < 4.78 is 5.39. The van der Waals surface area contributed by atoms with Gasteiger partial charge in [-0.1, -0.05) is 30.3 Å². The molecule has 0 fully saturated rings. The molecule has 0 aliphatic carbocycles. The zero-order valence-corrected chi connectivity index (χ0v) is 14.8. The van der Waals surface area contributed by atoms with Crippen LogP contribution in [0.25, 0.3) is 0 Å². The number of nitrogens with one attached hydrogen (secondary N) is 1. The lowest BCUT2D eigenvalue weighted by molar-refractivity contribution is 0.103. The Balaban J connectivity index is 1.81. The summed E-state index contributed by atoms with van der Waals surface area (Å²) in [7, 11) is 0. The minimum Gasteiger partial charge on any atom is -0.477 e. The van der Waals surface area contributed by atoms with E-state index in [2.05, 4.69) is 10.3 Å². The van der Waals surface area contributed by atoms with E-state index in [4.69, 9.17) is 10.5 Å². The third-order valence-corrected chi connectivity index (χ3v) is 3.87. The van der Waals surface area contributed by atoms with Crippen molar-refractivity contribution in [3.8, 4) is 11.9 Å². The van der Waals surface area contributed by atoms with E-state index in [1.165, 1.54) is 0 Å². The molecule has 0 atom stereocenters.